The molecule has 0 aliphatic carbocycles. The highest BCUT2D eigenvalue weighted by molar-refractivity contribution is 6.44. The third-order valence-corrected chi connectivity index (χ3v) is 2.38. The van der Waals surface area contributed by atoms with Gasteiger partial charge in [0.2, 0.25) is 0 Å². The summed E-state index contributed by atoms with van der Waals surface area (Å²) in [6.07, 6.45) is 3.83. The molecule has 84 valence electrons. The third-order valence-electron chi connectivity index (χ3n) is 2.38. The number of imidazole rings is 1. The van der Waals surface area contributed by atoms with E-state index in [1.807, 2.05) is 12.4 Å². The minimum Gasteiger partial charge on any atom is -0.338 e. The fraction of sp³-hybridized carbons (Fsp3) is 0.333. The summed E-state index contributed by atoms with van der Waals surface area (Å²) in [4.78, 5) is 38.2. The predicted octanol–water partition coefficient (Wildman–Crippen LogP) is -0.959. The number of rotatable bonds is 3. The Morgan fingerprint density at radius 3 is 2.62 bits per heavy atom. The maximum Gasteiger partial charge on any atom is 0.331 e. The molecule has 7 heteroatoms. The zero-order valence-corrected chi connectivity index (χ0v) is 8.64. The van der Waals surface area contributed by atoms with Gasteiger partial charge in [-0.2, -0.15) is 0 Å². The van der Waals surface area contributed by atoms with Crippen molar-refractivity contribution in [3.63, 3.8) is 0 Å². The first kappa shape index (κ1) is 10.3. The number of hydrogen-bond acceptors (Lipinski definition) is 4. The number of aromatic nitrogens is 2. The van der Waals surface area contributed by atoms with Crippen molar-refractivity contribution in [2.75, 3.05) is 6.54 Å². The fourth-order valence-electron chi connectivity index (χ4n) is 1.49. The molecule has 0 aromatic carbocycles. The average Bonchev–Trinajstić information content (AvgIpc) is 2.72. The van der Waals surface area contributed by atoms with Crippen LogP contribution in [0.15, 0.2) is 12.4 Å². The molecule has 0 radical (unpaired) electrons. The lowest BCUT2D eigenvalue weighted by molar-refractivity contribution is -0.140. The van der Waals surface area contributed by atoms with Crippen LogP contribution >= 0.6 is 0 Å². The van der Waals surface area contributed by atoms with Crippen LogP contribution in [0.1, 0.15) is 5.82 Å². The molecule has 2 heterocycles. The summed E-state index contributed by atoms with van der Waals surface area (Å²) in [5.74, 6) is -0.927. The van der Waals surface area contributed by atoms with Crippen LogP contribution < -0.4 is 5.32 Å². The van der Waals surface area contributed by atoms with Gasteiger partial charge in [0.1, 0.15) is 5.82 Å². The maximum atomic E-state index is 11.2. The zero-order valence-electron chi connectivity index (χ0n) is 8.64. The van der Waals surface area contributed by atoms with Crippen molar-refractivity contribution in [2.24, 2.45) is 7.05 Å². The minimum absolute atomic E-state index is 0.154. The summed E-state index contributed by atoms with van der Waals surface area (Å²) < 4.78 is 1.79. The molecular weight excluding hydrogens is 212 g/mol. The van der Waals surface area contributed by atoms with Crippen molar-refractivity contribution in [1.29, 1.82) is 0 Å². The van der Waals surface area contributed by atoms with E-state index in [2.05, 4.69) is 4.98 Å². The molecule has 1 N–H and O–H groups in total. The Hall–Kier alpha value is -2.18. The molecule has 1 fully saturated rings. The van der Waals surface area contributed by atoms with E-state index in [9.17, 15) is 14.4 Å². The number of aryl methyl sites for hydroxylation is 1. The van der Waals surface area contributed by atoms with E-state index in [1.165, 1.54) is 0 Å². The molecule has 0 spiro atoms. The second kappa shape index (κ2) is 3.76. The number of nitrogens with zero attached hydrogens (tertiary/aromatic N) is 3. The number of carbonyl (C=O) groups is 3. The Morgan fingerprint density at radius 1 is 1.38 bits per heavy atom. The van der Waals surface area contributed by atoms with E-state index in [1.54, 1.807) is 17.0 Å². The van der Waals surface area contributed by atoms with Crippen LogP contribution in [0.5, 0.6) is 0 Å². The van der Waals surface area contributed by atoms with Gasteiger partial charge in [-0.25, -0.2) is 9.78 Å². The first-order valence-electron chi connectivity index (χ1n) is 4.72. The minimum atomic E-state index is -0.871. The van der Waals surface area contributed by atoms with Gasteiger partial charge < -0.3 is 4.57 Å². The molecule has 0 atom stereocenters. The molecule has 1 aliphatic rings. The summed E-state index contributed by atoms with van der Waals surface area (Å²) in [6, 6.07) is -0.663. The van der Waals surface area contributed by atoms with Crippen LogP contribution in [0.25, 0.3) is 0 Å². The van der Waals surface area contributed by atoms with Crippen LogP contribution in [-0.2, 0) is 23.1 Å². The lowest BCUT2D eigenvalue weighted by Crippen LogP contribution is -2.33. The molecule has 1 aromatic rings. The molecule has 1 aromatic heterocycles. The van der Waals surface area contributed by atoms with Gasteiger partial charge >= 0.3 is 17.8 Å². The zero-order chi connectivity index (χ0) is 11.7. The van der Waals surface area contributed by atoms with Crippen LogP contribution in [0.3, 0.4) is 0 Å². The highest BCUT2D eigenvalue weighted by Crippen LogP contribution is 2.03. The first-order chi connectivity index (χ1) is 7.59. The Morgan fingerprint density at radius 2 is 2.12 bits per heavy atom. The summed E-state index contributed by atoms with van der Waals surface area (Å²) in [7, 11) is 1.82. The van der Waals surface area contributed by atoms with Crippen LogP contribution in [0, 0.1) is 0 Å². The summed E-state index contributed by atoms with van der Waals surface area (Å²) in [5, 5.41) is 1.93. The largest absolute Gasteiger partial charge is 0.338 e. The van der Waals surface area contributed by atoms with Crippen molar-refractivity contribution >= 4 is 17.8 Å². The summed E-state index contributed by atoms with van der Waals surface area (Å²) in [6.45, 7) is 0.154. The molecule has 1 aliphatic heterocycles. The Labute approximate surface area is 91.0 Å². The number of urea groups is 1. The van der Waals surface area contributed by atoms with Crippen molar-refractivity contribution in [3.05, 3.63) is 18.2 Å². The number of imide groups is 2. The van der Waals surface area contributed by atoms with E-state index >= 15 is 0 Å². The first-order valence-corrected chi connectivity index (χ1v) is 4.72. The van der Waals surface area contributed by atoms with Gasteiger partial charge in [-0.1, -0.05) is 0 Å². The Kier molecular flexibility index (Phi) is 2.43. The predicted molar refractivity (Wildman–Crippen MR) is 52.2 cm³/mol. The van der Waals surface area contributed by atoms with Crippen LogP contribution in [0.4, 0.5) is 4.79 Å². The van der Waals surface area contributed by atoms with E-state index in [-0.39, 0.29) is 6.54 Å². The molecular formula is C9H10N4O3. The van der Waals surface area contributed by atoms with Gasteiger partial charge in [0.25, 0.3) is 0 Å². The topological polar surface area (TPSA) is 84.3 Å². The Balaban J connectivity index is 2.01. The van der Waals surface area contributed by atoms with Gasteiger partial charge in [0, 0.05) is 32.4 Å². The lowest BCUT2D eigenvalue weighted by Gasteiger charge is -2.10. The Bertz CT molecular complexity index is 465. The van der Waals surface area contributed by atoms with E-state index in [4.69, 9.17) is 0 Å². The molecule has 7 nitrogen and oxygen atoms in total. The van der Waals surface area contributed by atoms with Gasteiger partial charge in [-0.15, -0.1) is 0 Å². The summed E-state index contributed by atoms with van der Waals surface area (Å²) >= 11 is 0. The number of carbonyl (C=O) groups excluding carboxylic acids is 3. The van der Waals surface area contributed by atoms with Gasteiger partial charge in [-0.05, 0) is 0 Å². The van der Waals surface area contributed by atoms with Gasteiger partial charge in [0.15, 0.2) is 0 Å². The van der Waals surface area contributed by atoms with Crippen molar-refractivity contribution in [3.8, 4) is 0 Å². The van der Waals surface area contributed by atoms with E-state index < -0.39 is 17.8 Å². The highest BCUT2D eigenvalue weighted by Gasteiger charge is 2.36. The van der Waals surface area contributed by atoms with E-state index in [0.717, 1.165) is 10.7 Å². The number of hydrogen-bond donors (Lipinski definition) is 1. The maximum absolute atomic E-state index is 11.2. The summed E-state index contributed by atoms with van der Waals surface area (Å²) in [5.41, 5.74) is 0. The SMILES string of the molecule is Cn1ccnc1CCN1C(=O)NC(=O)C1=O. The standard InChI is InChI=1S/C9H10N4O3/c1-12-5-3-10-6(12)2-4-13-8(15)7(14)11-9(13)16/h3,5H,2,4H2,1H3,(H,11,14,16). The third kappa shape index (κ3) is 1.67. The van der Waals surface area contributed by atoms with Crippen molar-refractivity contribution in [2.45, 2.75) is 6.42 Å². The van der Waals surface area contributed by atoms with Crippen LogP contribution in [0.2, 0.25) is 0 Å². The molecule has 0 bridgehead atoms. The average molecular weight is 222 g/mol. The van der Waals surface area contributed by atoms with Crippen LogP contribution in [-0.4, -0.2) is 38.8 Å². The normalized spacial score (nSPS) is 15.8. The molecule has 16 heavy (non-hydrogen) atoms. The highest BCUT2D eigenvalue weighted by atomic mass is 16.2. The van der Waals surface area contributed by atoms with Gasteiger partial charge in [-0.3, -0.25) is 19.8 Å². The lowest BCUT2D eigenvalue weighted by atomic mass is 10.3. The van der Waals surface area contributed by atoms with E-state index in [0.29, 0.717) is 6.42 Å². The molecule has 4 amide bonds. The number of amides is 4. The second-order valence-corrected chi connectivity index (χ2v) is 3.42. The second-order valence-electron chi connectivity index (χ2n) is 3.42. The van der Waals surface area contributed by atoms with Crippen molar-refractivity contribution in [1.82, 2.24) is 19.8 Å². The number of nitrogens with one attached hydrogen (secondary N) is 1. The molecule has 0 saturated carbocycles. The van der Waals surface area contributed by atoms with Gasteiger partial charge in [0.05, 0.1) is 0 Å². The molecule has 0 unspecified atom stereocenters. The fourth-order valence-corrected chi connectivity index (χ4v) is 1.49. The van der Waals surface area contributed by atoms with Crippen molar-refractivity contribution < 1.29 is 14.4 Å². The quantitative estimate of drug-likeness (QED) is 0.527. The molecule has 2 rings (SSSR count). The monoisotopic (exact) mass is 222 g/mol. The smallest absolute Gasteiger partial charge is 0.331 e. The molecule has 1 saturated heterocycles.